The van der Waals surface area contributed by atoms with Crippen molar-refractivity contribution in [1.29, 1.82) is 0 Å². The molecule has 0 spiro atoms. The smallest absolute Gasteiger partial charge is 0.255 e. The predicted molar refractivity (Wildman–Crippen MR) is 118 cm³/mol. The molecule has 2 heterocycles. The van der Waals surface area contributed by atoms with E-state index in [0.29, 0.717) is 37.1 Å². The molecule has 0 atom stereocenters. The average Bonchev–Trinajstić information content (AvgIpc) is 3.31. The van der Waals surface area contributed by atoms with Gasteiger partial charge in [0.05, 0.1) is 15.5 Å². The van der Waals surface area contributed by atoms with E-state index in [1.54, 1.807) is 4.90 Å². The minimum absolute atomic E-state index is 0.149. The Morgan fingerprint density at radius 1 is 0.967 bits per heavy atom. The van der Waals surface area contributed by atoms with E-state index in [0.717, 1.165) is 32.1 Å². The lowest BCUT2D eigenvalue weighted by Crippen LogP contribution is -2.39. The third-order valence-electron chi connectivity index (χ3n) is 6.14. The van der Waals surface area contributed by atoms with Crippen LogP contribution in [0.5, 0.6) is 0 Å². The Morgan fingerprint density at radius 2 is 1.63 bits per heavy atom. The third kappa shape index (κ3) is 4.56. The van der Waals surface area contributed by atoms with Gasteiger partial charge in [-0.05, 0) is 61.8 Å². The fraction of sp³-hybridized carbons (Fsp3) is 0.435. The van der Waals surface area contributed by atoms with Crippen molar-refractivity contribution in [2.75, 3.05) is 26.2 Å². The Kier molecular flexibility index (Phi) is 6.46. The first-order chi connectivity index (χ1) is 14.4. The normalized spacial score (nSPS) is 18.6. The molecule has 2 aliphatic rings. The molecule has 0 N–H and O–H groups in total. The van der Waals surface area contributed by atoms with E-state index in [-0.39, 0.29) is 16.4 Å². The highest BCUT2D eigenvalue weighted by atomic mass is 35.5. The zero-order chi connectivity index (χ0) is 21.1. The van der Waals surface area contributed by atoms with Crippen molar-refractivity contribution in [2.45, 2.75) is 37.0 Å². The molecule has 2 aromatic rings. The van der Waals surface area contributed by atoms with Crippen molar-refractivity contribution < 1.29 is 13.2 Å². The number of hydrogen-bond donors (Lipinski definition) is 0. The topological polar surface area (TPSA) is 57.7 Å². The molecule has 1 amide bonds. The number of carbonyl (C=O) groups excluding carboxylic acids is 1. The first kappa shape index (κ1) is 21.3. The Labute approximate surface area is 183 Å². The molecular weight excluding hydrogens is 420 g/mol. The summed E-state index contributed by atoms with van der Waals surface area (Å²) in [6.07, 6.45) is 4.63. The molecule has 0 aliphatic carbocycles. The molecule has 30 heavy (non-hydrogen) atoms. The van der Waals surface area contributed by atoms with Gasteiger partial charge in [-0.15, -0.1) is 0 Å². The fourth-order valence-corrected chi connectivity index (χ4v) is 6.11. The van der Waals surface area contributed by atoms with Gasteiger partial charge in [0.15, 0.2) is 0 Å². The van der Waals surface area contributed by atoms with Crippen LogP contribution in [0.1, 0.15) is 41.6 Å². The number of amides is 1. The van der Waals surface area contributed by atoms with E-state index in [1.807, 2.05) is 6.07 Å². The summed E-state index contributed by atoms with van der Waals surface area (Å²) < 4.78 is 27.2. The zero-order valence-corrected chi connectivity index (χ0v) is 18.5. The molecule has 2 aliphatic heterocycles. The predicted octanol–water partition coefficient (Wildman–Crippen LogP) is 4.22. The van der Waals surface area contributed by atoms with Crippen molar-refractivity contribution >= 4 is 27.5 Å². The number of likely N-dealkylation sites (tertiary alicyclic amines) is 1. The van der Waals surface area contributed by atoms with Gasteiger partial charge in [0.25, 0.3) is 5.91 Å². The number of halogens is 1. The molecule has 2 saturated heterocycles. The summed E-state index contributed by atoms with van der Waals surface area (Å²) in [5.74, 6) is 0.366. The van der Waals surface area contributed by atoms with Crippen LogP contribution in [0.4, 0.5) is 0 Å². The van der Waals surface area contributed by atoms with Crippen LogP contribution in [0.2, 0.25) is 5.02 Å². The summed E-state index contributed by atoms with van der Waals surface area (Å²) in [5, 5.41) is 0.298. The highest BCUT2D eigenvalue weighted by Gasteiger charge is 2.30. The lowest BCUT2D eigenvalue weighted by molar-refractivity contribution is 0.0690. The number of nitrogens with zero attached hydrogens (tertiary/aromatic N) is 2. The second-order valence-corrected chi connectivity index (χ2v) is 10.5. The molecule has 2 fully saturated rings. The van der Waals surface area contributed by atoms with Gasteiger partial charge in [-0.3, -0.25) is 4.79 Å². The minimum Gasteiger partial charge on any atom is -0.339 e. The average molecular weight is 447 g/mol. The monoisotopic (exact) mass is 446 g/mol. The van der Waals surface area contributed by atoms with Gasteiger partial charge in [-0.2, -0.15) is 4.31 Å². The molecule has 0 bridgehead atoms. The van der Waals surface area contributed by atoms with Crippen LogP contribution in [0.25, 0.3) is 0 Å². The highest BCUT2D eigenvalue weighted by molar-refractivity contribution is 7.89. The van der Waals surface area contributed by atoms with Gasteiger partial charge in [0, 0.05) is 26.2 Å². The molecule has 0 unspecified atom stereocenters. The lowest BCUT2D eigenvalue weighted by atomic mass is 9.90. The van der Waals surface area contributed by atoms with Gasteiger partial charge >= 0.3 is 0 Å². The van der Waals surface area contributed by atoms with Crippen LogP contribution in [-0.2, 0) is 16.4 Å². The van der Waals surface area contributed by atoms with Crippen molar-refractivity contribution in [2.24, 2.45) is 5.92 Å². The first-order valence-corrected chi connectivity index (χ1v) is 12.4. The molecule has 0 radical (unpaired) electrons. The summed E-state index contributed by atoms with van der Waals surface area (Å²) in [4.78, 5) is 15.1. The first-order valence-electron chi connectivity index (χ1n) is 10.6. The van der Waals surface area contributed by atoms with Crippen LogP contribution in [0, 0.1) is 5.92 Å². The second kappa shape index (κ2) is 9.08. The molecule has 4 rings (SSSR count). The summed E-state index contributed by atoms with van der Waals surface area (Å²) in [6.45, 7) is 2.39. The maximum atomic E-state index is 13.1. The van der Waals surface area contributed by atoms with E-state index < -0.39 is 10.0 Å². The molecule has 0 aromatic heterocycles. The largest absolute Gasteiger partial charge is 0.339 e. The van der Waals surface area contributed by atoms with Crippen molar-refractivity contribution in [3.63, 3.8) is 0 Å². The standard InChI is InChI=1S/C23H27ClN2O3S/c24-22-9-8-20(30(28,29)26-12-4-5-13-26)17-21(22)23(27)25-14-10-19(11-15-25)16-18-6-2-1-3-7-18/h1-3,6-9,17,19H,4-5,10-16H2. The van der Waals surface area contributed by atoms with Crippen LogP contribution < -0.4 is 0 Å². The van der Waals surface area contributed by atoms with Gasteiger partial charge in [0.2, 0.25) is 10.0 Å². The Bertz CT molecular complexity index is 996. The van der Waals surface area contributed by atoms with E-state index in [2.05, 4.69) is 24.3 Å². The third-order valence-corrected chi connectivity index (χ3v) is 8.36. The SMILES string of the molecule is O=C(c1cc(S(=O)(=O)N2CCCC2)ccc1Cl)N1CCC(Cc2ccccc2)CC1. The maximum Gasteiger partial charge on any atom is 0.255 e. The summed E-state index contributed by atoms with van der Waals surface area (Å²) in [5.41, 5.74) is 1.60. The van der Waals surface area contributed by atoms with Crippen LogP contribution in [0.15, 0.2) is 53.4 Å². The van der Waals surface area contributed by atoms with Gasteiger partial charge in [-0.1, -0.05) is 41.9 Å². The maximum absolute atomic E-state index is 13.1. The Balaban J connectivity index is 1.45. The zero-order valence-electron chi connectivity index (χ0n) is 17.0. The van der Waals surface area contributed by atoms with Crippen LogP contribution in [-0.4, -0.2) is 49.7 Å². The lowest BCUT2D eigenvalue weighted by Gasteiger charge is -2.32. The van der Waals surface area contributed by atoms with Crippen LogP contribution in [0.3, 0.4) is 0 Å². The minimum atomic E-state index is -3.58. The Morgan fingerprint density at radius 3 is 2.30 bits per heavy atom. The van der Waals surface area contributed by atoms with Crippen LogP contribution >= 0.6 is 11.6 Å². The van der Waals surface area contributed by atoms with E-state index in [4.69, 9.17) is 11.6 Å². The molecule has 0 saturated carbocycles. The quantitative estimate of drug-likeness (QED) is 0.690. The van der Waals surface area contributed by atoms with E-state index >= 15 is 0 Å². The molecule has 160 valence electrons. The van der Waals surface area contributed by atoms with Crippen molar-refractivity contribution in [3.05, 3.63) is 64.7 Å². The summed E-state index contributed by atoms with van der Waals surface area (Å²) in [7, 11) is -3.58. The number of hydrogen-bond acceptors (Lipinski definition) is 3. The van der Waals surface area contributed by atoms with Crippen molar-refractivity contribution in [3.8, 4) is 0 Å². The number of carbonyl (C=O) groups is 1. The van der Waals surface area contributed by atoms with E-state index in [1.165, 1.54) is 28.1 Å². The summed E-state index contributed by atoms with van der Waals surface area (Å²) in [6, 6.07) is 14.9. The van der Waals surface area contributed by atoms with Gasteiger partial charge in [-0.25, -0.2) is 8.42 Å². The highest BCUT2D eigenvalue weighted by Crippen LogP contribution is 2.28. The van der Waals surface area contributed by atoms with E-state index in [9.17, 15) is 13.2 Å². The number of piperidine rings is 1. The molecule has 5 nitrogen and oxygen atoms in total. The molecule has 2 aromatic carbocycles. The molecule has 7 heteroatoms. The fourth-order valence-electron chi connectivity index (χ4n) is 4.36. The number of benzene rings is 2. The van der Waals surface area contributed by atoms with Gasteiger partial charge < -0.3 is 4.90 Å². The van der Waals surface area contributed by atoms with Gasteiger partial charge in [0.1, 0.15) is 0 Å². The number of sulfonamides is 1. The number of rotatable bonds is 5. The second-order valence-electron chi connectivity index (χ2n) is 8.18. The Hall–Kier alpha value is -1.89. The molecular formula is C23H27ClN2O3S. The van der Waals surface area contributed by atoms with Crippen molar-refractivity contribution in [1.82, 2.24) is 9.21 Å². The summed E-state index contributed by atoms with van der Waals surface area (Å²) >= 11 is 6.30.